The monoisotopic (exact) mass is 271 g/mol. The molecule has 0 fully saturated rings. The lowest BCUT2D eigenvalue weighted by Gasteiger charge is -2.27. The topological polar surface area (TPSA) is 46.8 Å². The van der Waals surface area contributed by atoms with E-state index in [2.05, 4.69) is 40.0 Å². The molecule has 0 N–H and O–H groups in total. The molecule has 0 radical (unpaired) electrons. The van der Waals surface area contributed by atoms with Gasteiger partial charge in [0.15, 0.2) is 0 Å². The standard InChI is InChI=1S/C15H21N5/c1-4-20-10-14(11(2)18-20)9-19-6-5-15-13(8-19)7-16-12(3)17-15/h7,10H,4-6,8-9H2,1-3H3. The van der Waals surface area contributed by atoms with Gasteiger partial charge in [-0.25, -0.2) is 9.97 Å². The Morgan fingerprint density at radius 3 is 2.90 bits per heavy atom. The lowest BCUT2D eigenvalue weighted by molar-refractivity contribution is 0.242. The Bertz CT molecular complexity index is 617. The minimum atomic E-state index is 0.872. The fourth-order valence-electron chi connectivity index (χ4n) is 2.73. The fraction of sp³-hybridized carbons (Fsp3) is 0.533. The second kappa shape index (κ2) is 5.32. The van der Waals surface area contributed by atoms with Gasteiger partial charge < -0.3 is 0 Å². The highest BCUT2D eigenvalue weighted by Crippen LogP contribution is 2.19. The van der Waals surface area contributed by atoms with Crippen LogP contribution in [0.15, 0.2) is 12.4 Å². The Hall–Kier alpha value is -1.75. The largest absolute Gasteiger partial charge is 0.294 e. The second-order valence-corrected chi connectivity index (χ2v) is 5.45. The van der Waals surface area contributed by atoms with Crippen molar-refractivity contribution in [3.63, 3.8) is 0 Å². The van der Waals surface area contributed by atoms with E-state index in [9.17, 15) is 0 Å². The molecule has 0 saturated carbocycles. The van der Waals surface area contributed by atoms with Crippen LogP contribution in [0.3, 0.4) is 0 Å². The first-order valence-electron chi connectivity index (χ1n) is 7.22. The quantitative estimate of drug-likeness (QED) is 0.855. The maximum Gasteiger partial charge on any atom is 0.125 e. The number of hydrogen-bond acceptors (Lipinski definition) is 4. The third kappa shape index (κ3) is 2.58. The molecule has 3 rings (SSSR count). The van der Waals surface area contributed by atoms with Crippen molar-refractivity contribution in [2.75, 3.05) is 6.54 Å². The molecule has 3 heterocycles. The molecule has 0 amide bonds. The van der Waals surface area contributed by atoms with Crippen LogP contribution in [-0.4, -0.2) is 31.2 Å². The summed E-state index contributed by atoms with van der Waals surface area (Å²) in [6.45, 7) is 10.0. The van der Waals surface area contributed by atoms with Gasteiger partial charge in [0.2, 0.25) is 0 Å². The average molecular weight is 271 g/mol. The van der Waals surface area contributed by atoms with E-state index in [1.165, 1.54) is 16.8 Å². The normalized spacial score (nSPS) is 15.3. The predicted molar refractivity (Wildman–Crippen MR) is 77.2 cm³/mol. The highest BCUT2D eigenvalue weighted by atomic mass is 15.3. The van der Waals surface area contributed by atoms with Crippen molar-refractivity contribution in [3.8, 4) is 0 Å². The minimum Gasteiger partial charge on any atom is -0.294 e. The third-order valence-electron chi connectivity index (χ3n) is 3.90. The van der Waals surface area contributed by atoms with Crippen molar-refractivity contribution in [2.24, 2.45) is 0 Å². The van der Waals surface area contributed by atoms with Gasteiger partial charge in [-0.1, -0.05) is 0 Å². The van der Waals surface area contributed by atoms with Crippen molar-refractivity contribution in [1.29, 1.82) is 0 Å². The Morgan fingerprint density at radius 1 is 1.30 bits per heavy atom. The SMILES string of the molecule is CCn1cc(CN2CCc3nc(C)ncc3C2)c(C)n1. The number of aromatic nitrogens is 4. The van der Waals surface area contributed by atoms with Crippen LogP contribution in [0.2, 0.25) is 0 Å². The molecule has 1 aliphatic heterocycles. The zero-order chi connectivity index (χ0) is 14.1. The zero-order valence-electron chi connectivity index (χ0n) is 12.4. The van der Waals surface area contributed by atoms with Crippen molar-refractivity contribution < 1.29 is 0 Å². The van der Waals surface area contributed by atoms with E-state index in [1.807, 2.05) is 17.8 Å². The van der Waals surface area contributed by atoms with Crippen LogP contribution >= 0.6 is 0 Å². The highest BCUT2D eigenvalue weighted by Gasteiger charge is 2.19. The van der Waals surface area contributed by atoms with E-state index >= 15 is 0 Å². The lowest BCUT2D eigenvalue weighted by Crippen LogP contribution is -2.31. The van der Waals surface area contributed by atoms with E-state index in [1.54, 1.807) is 0 Å². The summed E-state index contributed by atoms with van der Waals surface area (Å²) in [6.07, 6.45) is 5.16. The summed E-state index contributed by atoms with van der Waals surface area (Å²) < 4.78 is 2.01. The molecule has 0 aromatic carbocycles. The lowest BCUT2D eigenvalue weighted by atomic mass is 10.1. The molecule has 0 bridgehead atoms. The van der Waals surface area contributed by atoms with Crippen LogP contribution in [0.5, 0.6) is 0 Å². The zero-order valence-corrected chi connectivity index (χ0v) is 12.4. The van der Waals surface area contributed by atoms with Crippen molar-refractivity contribution in [3.05, 3.63) is 40.7 Å². The smallest absolute Gasteiger partial charge is 0.125 e. The summed E-state index contributed by atoms with van der Waals surface area (Å²) in [7, 11) is 0. The summed E-state index contributed by atoms with van der Waals surface area (Å²) in [4.78, 5) is 11.3. The summed E-state index contributed by atoms with van der Waals surface area (Å²) in [5, 5.41) is 4.52. The maximum absolute atomic E-state index is 4.54. The van der Waals surface area contributed by atoms with Gasteiger partial charge in [-0.05, 0) is 20.8 Å². The van der Waals surface area contributed by atoms with Gasteiger partial charge >= 0.3 is 0 Å². The summed E-state index contributed by atoms with van der Waals surface area (Å²) >= 11 is 0. The molecule has 0 aliphatic carbocycles. The summed E-state index contributed by atoms with van der Waals surface area (Å²) in [5.41, 5.74) is 4.94. The van der Waals surface area contributed by atoms with Gasteiger partial charge in [0.05, 0.1) is 5.69 Å². The number of aryl methyl sites for hydroxylation is 3. The van der Waals surface area contributed by atoms with Gasteiger partial charge in [-0.2, -0.15) is 5.10 Å². The molecule has 0 saturated heterocycles. The van der Waals surface area contributed by atoms with Crippen LogP contribution in [0.4, 0.5) is 0 Å². The van der Waals surface area contributed by atoms with Crippen LogP contribution in [-0.2, 0) is 26.1 Å². The fourth-order valence-corrected chi connectivity index (χ4v) is 2.73. The molecule has 1 aliphatic rings. The Balaban J connectivity index is 1.74. The molecule has 106 valence electrons. The van der Waals surface area contributed by atoms with Crippen LogP contribution in [0.1, 0.15) is 35.3 Å². The number of rotatable bonds is 3. The van der Waals surface area contributed by atoms with Crippen LogP contribution in [0.25, 0.3) is 0 Å². The number of nitrogens with zero attached hydrogens (tertiary/aromatic N) is 5. The van der Waals surface area contributed by atoms with E-state index < -0.39 is 0 Å². The minimum absolute atomic E-state index is 0.872. The summed E-state index contributed by atoms with van der Waals surface area (Å²) in [5.74, 6) is 0.872. The average Bonchev–Trinajstić information content (AvgIpc) is 2.80. The predicted octanol–water partition coefficient (Wildman–Crippen LogP) is 1.87. The molecule has 0 unspecified atom stereocenters. The third-order valence-corrected chi connectivity index (χ3v) is 3.90. The van der Waals surface area contributed by atoms with E-state index in [4.69, 9.17) is 0 Å². The van der Waals surface area contributed by atoms with Crippen LogP contribution < -0.4 is 0 Å². The van der Waals surface area contributed by atoms with E-state index in [0.717, 1.165) is 44.1 Å². The molecule has 0 atom stereocenters. The Kier molecular flexibility index (Phi) is 3.53. The molecule has 5 heteroatoms. The Morgan fingerprint density at radius 2 is 2.15 bits per heavy atom. The molecule has 2 aromatic rings. The highest BCUT2D eigenvalue weighted by molar-refractivity contribution is 5.22. The van der Waals surface area contributed by atoms with Gasteiger partial charge in [0, 0.05) is 61.8 Å². The van der Waals surface area contributed by atoms with Crippen molar-refractivity contribution in [1.82, 2.24) is 24.6 Å². The van der Waals surface area contributed by atoms with Crippen LogP contribution in [0, 0.1) is 13.8 Å². The van der Waals surface area contributed by atoms with Crippen molar-refractivity contribution >= 4 is 0 Å². The Labute approximate surface area is 119 Å². The van der Waals surface area contributed by atoms with E-state index in [-0.39, 0.29) is 0 Å². The first-order valence-corrected chi connectivity index (χ1v) is 7.22. The second-order valence-electron chi connectivity index (χ2n) is 5.45. The van der Waals surface area contributed by atoms with Gasteiger partial charge in [-0.3, -0.25) is 9.58 Å². The number of hydrogen-bond donors (Lipinski definition) is 0. The number of fused-ring (bicyclic) bond motifs is 1. The maximum atomic E-state index is 4.54. The molecular formula is C15H21N5. The van der Waals surface area contributed by atoms with Gasteiger partial charge in [0.25, 0.3) is 0 Å². The van der Waals surface area contributed by atoms with E-state index in [0.29, 0.717) is 0 Å². The molecule has 2 aromatic heterocycles. The van der Waals surface area contributed by atoms with Gasteiger partial charge in [-0.15, -0.1) is 0 Å². The molecule has 20 heavy (non-hydrogen) atoms. The van der Waals surface area contributed by atoms with Crippen molar-refractivity contribution in [2.45, 2.75) is 46.8 Å². The van der Waals surface area contributed by atoms with Gasteiger partial charge in [0.1, 0.15) is 5.82 Å². The summed E-state index contributed by atoms with van der Waals surface area (Å²) in [6, 6.07) is 0. The first-order chi connectivity index (χ1) is 9.65. The molecule has 5 nitrogen and oxygen atoms in total. The molecular weight excluding hydrogens is 250 g/mol. The molecule has 0 spiro atoms. The first kappa shape index (κ1) is 13.2.